The fourth-order valence-corrected chi connectivity index (χ4v) is 6.01. The number of fused-ring (bicyclic) bond motifs is 1. The van der Waals surface area contributed by atoms with Gasteiger partial charge in [-0.3, -0.25) is 9.48 Å². The van der Waals surface area contributed by atoms with E-state index < -0.39 is 39.3 Å². The van der Waals surface area contributed by atoms with E-state index in [9.17, 15) is 26.8 Å². The fraction of sp³-hybridized carbons (Fsp3) is 0.346. The second-order valence-corrected chi connectivity index (χ2v) is 12.8. The molecule has 0 aliphatic carbocycles. The van der Waals surface area contributed by atoms with Gasteiger partial charge in [0.25, 0.3) is 5.91 Å². The van der Waals surface area contributed by atoms with Crippen LogP contribution in [0, 0.1) is 0 Å². The Balaban J connectivity index is 1.46. The fourth-order valence-electron chi connectivity index (χ4n) is 4.33. The van der Waals surface area contributed by atoms with Crippen LogP contribution in [0.2, 0.25) is 0 Å². The molecule has 1 N–H and O–H groups in total. The lowest BCUT2D eigenvalue weighted by Gasteiger charge is -2.39. The number of aryl methyl sites for hydroxylation is 1. The molecular weight excluding hydrogens is 576 g/mol. The Morgan fingerprint density at radius 3 is 2.62 bits per heavy atom. The first-order valence-corrected chi connectivity index (χ1v) is 14.2. The number of hydrogen-bond donors (Lipinski definition) is 1. The summed E-state index contributed by atoms with van der Waals surface area (Å²) in [5.74, 6) is -0.949. The van der Waals surface area contributed by atoms with Gasteiger partial charge in [-0.1, -0.05) is 0 Å². The van der Waals surface area contributed by atoms with Crippen LogP contribution in [0.4, 0.5) is 19.3 Å². The Kier molecular flexibility index (Phi) is 7.34. The van der Waals surface area contributed by atoms with Crippen LogP contribution in [0.15, 0.2) is 53.9 Å². The molecule has 0 spiro atoms. The first-order valence-electron chi connectivity index (χ1n) is 12.7. The van der Waals surface area contributed by atoms with Gasteiger partial charge in [0, 0.05) is 44.3 Å². The van der Waals surface area contributed by atoms with E-state index in [1.807, 2.05) is 0 Å². The van der Waals surface area contributed by atoms with E-state index in [0.717, 1.165) is 18.2 Å². The van der Waals surface area contributed by atoms with Crippen LogP contribution in [0.5, 0.6) is 5.75 Å². The third kappa shape index (κ3) is 5.74. The van der Waals surface area contributed by atoms with Gasteiger partial charge in [-0.2, -0.15) is 19.0 Å². The van der Waals surface area contributed by atoms with Gasteiger partial charge in [-0.05, 0) is 45.0 Å². The number of benzene rings is 1. The maximum atomic E-state index is 13.5. The van der Waals surface area contributed by atoms with Gasteiger partial charge in [0.05, 0.1) is 16.8 Å². The van der Waals surface area contributed by atoms with Crippen molar-refractivity contribution < 1.29 is 36.3 Å². The molecule has 222 valence electrons. The van der Waals surface area contributed by atoms with E-state index in [0.29, 0.717) is 0 Å². The molecule has 5 rings (SSSR count). The summed E-state index contributed by atoms with van der Waals surface area (Å²) in [7, 11) is -2.47. The Bertz CT molecular complexity index is 1770. The molecular formula is C26H27F2N7O6S. The summed E-state index contributed by atoms with van der Waals surface area (Å²) in [5.41, 5.74) is -0.304. The second kappa shape index (κ2) is 10.7. The number of aromatic nitrogens is 5. The molecule has 0 atom stereocenters. The standard InChI is InChI=1S/C26H27F2N7O6S/c1-26(2,3)41-25(37)34-12-16(13-34)42(38,39)15-6-7-20(40-24(27)28)17(10-15)21-19(14-33(4)32-21)31-23(36)18-11-30-35-9-5-8-29-22(18)35/h5-11,14,16,24H,12-13H2,1-4H3,(H,31,36). The van der Waals surface area contributed by atoms with Crippen molar-refractivity contribution in [3.8, 4) is 17.0 Å². The predicted octanol–water partition coefficient (Wildman–Crippen LogP) is 3.38. The maximum Gasteiger partial charge on any atom is 0.410 e. The minimum atomic E-state index is -4.01. The zero-order chi connectivity index (χ0) is 30.4. The summed E-state index contributed by atoms with van der Waals surface area (Å²) in [6.45, 7) is 1.69. The van der Waals surface area contributed by atoms with Crippen molar-refractivity contribution in [2.45, 2.75) is 43.1 Å². The number of likely N-dealkylation sites (tertiary alicyclic amines) is 1. The highest BCUT2D eigenvalue weighted by Gasteiger charge is 2.42. The van der Waals surface area contributed by atoms with E-state index in [2.05, 4.69) is 25.2 Å². The molecule has 1 aliphatic rings. The second-order valence-electron chi connectivity index (χ2n) is 10.6. The number of alkyl halides is 2. The Morgan fingerprint density at radius 2 is 1.93 bits per heavy atom. The zero-order valence-electron chi connectivity index (χ0n) is 23.0. The molecule has 0 saturated carbocycles. The number of sulfone groups is 1. The van der Waals surface area contributed by atoms with Crippen LogP contribution in [-0.2, 0) is 21.6 Å². The molecule has 4 heterocycles. The van der Waals surface area contributed by atoms with Crippen LogP contribution in [0.3, 0.4) is 0 Å². The number of nitrogens with one attached hydrogen (secondary N) is 1. The van der Waals surface area contributed by atoms with Gasteiger partial charge in [-0.25, -0.2) is 22.7 Å². The number of nitrogens with zero attached hydrogens (tertiary/aromatic N) is 6. The van der Waals surface area contributed by atoms with Crippen molar-refractivity contribution in [2.24, 2.45) is 7.05 Å². The van der Waals surface area contributed by atoms with Crippen molar-refractivity contribution in [3.63, 3.8) is 0 Å². The Hall–Kier alpha value is -4.60. The van der Waals surface area contributed by atoms with Gasteiger partial charge >= 0.3 is 12.7 Å². The highest BCUT2D eigenvalue weighted by molar-refractivity contribution is 7.92. The van der Waals surface area contributed by atoms with E-state index in [1.54, 1.807) is 40.1 Å². The SMILES string of the molecule is Cn1cc(NC(=O)c2cnn3cccnc23)c(-c2cc(S(=O)(=O)C3CN(C(=O)OC(C)(C)C)C3)ccc2OC(F)F)n1. The number of halogens is 2. The van der Waals surface area contributed by atoms with E-state index >= 15 is 0 Å². The average Bonchev–Trinajstić information content (AvgIpc) is 3.44. The Morgan fingerprint density at radius 1 is 1.19 bits per heavy atom. The molecule has 1 aromatic carbocycles. The number of ether oxygens (including phenoxy) is 2. The van der Waals surface area contributed by atoms with Crippen LogP contribution >= 0.6 is 0 Å². The highest BCUT2D eigenvalue weighted by Crippen LogP contribution is 2.38. The van der Waals surface area contributed by atoms with Crippen LogP contribution < -0.4 is 10.1 Å². The number of carbonyl (C=O) groups excluding carboxylic acids is 2. The molecule has 0 radical (unpaired) electrons. The summed E-state index contributed by atoms with van der Waals surface area (Å²) in [6.07, 6.45) is 5.24. The van der Waals surface area contributed by atoms with Crippen molar-refractivity contribution in [2.75, 3.05) is 18.4 Å². The monoisotopic (exact) mass is 603 g/mol. The molecule has 0 unspecified atom stereocenters. The largest absolute Gasteiger partial charge is 0.444 e. The van der Waals surface area contributed by atoms with E-state index in [1.165, 1.54) is 32.7 Å². The number of rotatable bonds is 7. The zero-order valence-corrected chi connectivity index (χ0v) is 23.8. The summed E-state index contributed by atoms with van der Waals surface area (Å²) < 4.78 is 66.3. The first-order chi connectivity index (χ1) is 19.7. The van der Waals surface area contributed by atoms with E-state index in [-0.39, 0.29) is 51.9 Å². The summed E-state index contributed by atoms with van der Waals surface area (Å²) >= 11 is 0. The Labute approximate surface area is 239 Å². The van der Waals surface area contributed by atoms with E-state index in [4.69, 9.17) is 4.74 Å². The number of anilines is 1. The lowest BCUT2D eigenvalue weighted by molar-refractivity contribution is -0.0495. The van der Waals surface area contributed by atoms with Crippen LogP contribution in [0.25, 0.3) is 16.9 Å². The van der Waals surface area contributed by atoms with Gasteiger partial charge in [0.15, 0.2) is 15.5 Å². The molecule has 1 fully saturated rings. The quantitative estimate of drug-likeness (QED) is 0.335. The maximum absolute atomic E-state index is 13.5. The summed E-state index contributed by atoms with van der Waals surface area (Å²) in [4.78, 5) is 30.7. The molecule has 2 amide bonds. The minimum Gasteiger partial charge on any atom is -0.444 e. The smallest absolute Gasteiger partial charge is 0.410 e. The van der Waals surface area contributed by atoms with Gasteiger partial charge in [0.2, 0.25) is 0 Å². The molecule has 3 aromatic heterocycles. The number of hydrogen-bond acceptors (Lipinski definition) is 9. The molecule has 1 aliphatic heterocycles. The number of carbonyl (C=O) groups is 2. The van der Waals surface area contributed by atoms with Crippen molar-refractivity contribution >= 4 is 33.2 Å². The summed E-state index contributed by atoms with van der Waals surface area (Å²) in [6, 6.07) is 5.07. The molecule has 42 heavy (non-hydrogen) atoms. The lowest BCUT2D eigenvalue weighted by Crippen LogP contribution is -2.57. The third-order valence-electron chi connectivity index (χ3n) is 6.29. The highest BCUT2D eigenvalue weighted by atomic mass is 32.2. The molecule has 13 nitrogen and oxygen atoms in total. The predicted molar refractivity (Wildman–Crippen MR) is 145 cm³/mol. The van der Waals surface area contributed by atoms with Gasteiger partial charge in [0.1, 0.15) is 27.9 Å². The first kappa shape index (κ1) is 28.9. The normalized spacial score (nSPS) is 14.2. The third-order valence-corrected chi connectivity index (χ3v) is 8.38. The molecule has 4 aromatic rings. The van der Waals surface area contributed by atoms with Crippen molar-refractivity contribution in [1.82, 2.24) is 29.3 Å². The lowest BCUT2D eigenvalue weighted by atomic mass is 10.1. The minimum absolute atomic E-state index is 0.00743. The molecule has 1 saturated heterocycles. The van der Waals surface area contributed by atoms with Gasteiger partial charge in [-0.15, -0.1) is 0 Å². The topological polar surface area (TPSA) is 150 Å². The molecule has 16 heteroatoms. The van der Waals surface area contributed by atoms with Crippen molar-refractivity contribution in [1.29, 1.82) is 0 Å². The van der Waals surface area contributed by atoms with Crippen LogP contribution in [0.1, 0.15) is 31.1 Å². The molecule has 0 bridgehead atoms. The number of amides is 2. The van der Waals surface area contributed by atoms with Crippen LogP contribution in [-0.4, -0.2) is 80.2 Å². The average molecular weight is 604 g/mol. The summed E-state index contributed by atoms with van der Waals surface area (Å²) in [5, 5.41) is 10.1. The van der Waals surface area contributed by atoms with Gasteiger partial charge < -0.3 is 19.7 Å². The van der Waals surface area contributed by atoms with Crippen molar-refractivity contribution in [3.05, 3.63) is 54.6 Å².